The van der Waals surface area contributed by atoms with Gasteiger partial charge in [0.1, 0.15) is 5.69 Å². The molecule has 0 aliphatic heterocycles. The number of aromatic nitrogens is 2. The van der Waals surface area contributed by atoms with Crippen LogP contribution in [0.3, 0.4) is 0 Å². The molecule has 0 bridgehead atoms. The molecule has 1 fully saturated rings. The topological polar surface area (TPSA) is 34.9 Å². The molecule has 0 saturated heterocycles. The molecule has 0 unspecified atom stereocenters. The van der Waals surface area contributed by atoms with E-state index < -0.39 is 0 Å². The van der Waals surface area contributed by atoms with Crippen molar-refractivity contribution in [3.63, 3.8) is 0 Å². The molecule has 1 aliphatic rings. The molecule has 0 radical (unpaired) electrons. The van der Waals surface area contributed by atoms with Gasteiger partial charge in [-0.2, -0.15) is 5.10 Å². The Hall–Kier alpha value is -1.55. The lowest BCUT2D eigenvalue weighted by Gasteiger charge is -2.01. The monoisotopic (exact) mass is 272 g/mol. The normalized spacial score (nSPS) is 14.6. The second kappa shape index (κ2) is 5.21. The molecule has 1 saturated carbocycles. The van der Waals surface area contributed by atoms with E-state index in [1.807, 2.05) is 43.4 Å². The second-order valence-corrected chi connectivity index (χ2v) is 5.93. The molecule has 3 nitrogen and oxygen atoms in total. The molecule has 1 aliphatic carbocycles. The molecule has 2 aromatic rings. The van der Waals surface area contributed by atoms with E-state index in [1.54, 1.807) is 16.4 Å². The summed E-state index contributed by atoms with van der Waals surface area (Å²) >= 11 is 1.57. The van der Waals surface area contributed by atoms with Gasteiger partial charge in [0.05, 0.1) is 11.4 Å². The predicted molar refractivity (Wildman–Crippen MR) is 76.7 cm³/mol. The number of thioether (sulfide) groups is 1. The minimum atomic E-state index is 0.149. The molecule has 1 aromatic heterocycles. The van der Waals surface area contributed by atoms with Gasteiger partial charge in [-0.15, -0.1) is 11.8 Å². The van der Waals surface area contributed by atoms with Gasteiger partial charge in [0.15, 0.2) is 5.78 Å². The van der Waals surface area contributed by atoms with Crippen LogP contribution in [-0.2, 0) is 7.05 Å². The summed E-state index contributed by atoms with van der Waals surface area (Å²) in [6, 6.07) is 12.0. The Balaban J connectivity index is 1.66. The Bertz CT molecular complexity index is 587. The van der Waals surface area contributed by atoms with E-state index in [0.717, 1.165) is 16.3 Å². The summed E-state index contributed by atoms with van der Waals surface area (Å²) in [7, 11) is 1.85. The maximum Gasteiger partial charge on any atom is 0.191 e. The van der Waals surface area contributed by atoms with Crippen molar-refractivity contribution in [3.8, 4) is 0 Å². The maximum atomic E-state index is 12.2. The number of hydrogen-bond acceptors (Lipinski definition) is 3. The van der Waals surface area contributed by atoms with E-state index in [9.17, 15) is 4.79 Å². The largest absolute Gasteiger partial charge is 0.292 e. The zero-order valence-electron chi connectivity index (χ0n) is 10.9. The maximum absolute atomic E-state index is 12.2. The van der Waals surface area contributed by atoms with Gasteiger partial charge in [0, 0.05) is 17.9 Å². The van der Waals surface area contributed by atoms with Gasteiger partial charge in [-0.05, 0) is 31.0 Å². The SMILES string of the molecule is Cn1nc(C2CC2)cc1C(=O)CSc1ccccc1. The molecule has 19 heavy (non-hydrogen) atoms. The van der Waals surface area contributed by atoms with Gasteiger partial charge in [0.2, 0.25) is 0 Å². The van der Waals surface area contributed by atoms with Crippen molar-refractivity contribution in [1.82, 2.24) is 9.78 Å². The molecule has 0 atom stereocenters. The molecule has 0 spiro atoms. The number of carbonyl (C=O) groups is 1. The number of aryl methyl sites for hydroxylation is 1. The average molecular weight is 272 g/mol. The Morgan fingerprint density at radius 2 is 2.11 bits per heavy atom. The van der Waals surface area contributed by atoms with E-state index in [0.29, 0.717) is 11.7 Å². The molecule has 1 heterocycles. The first-order valence-corrected chi connectivity index (χ1v) is 7.47. The number of hydrogen-bond donors (Lipinski definition) is 0. The lowest BCUT2D eigenvalue weighted by Crippen LogP contribution is -2.08. The number of ketones is 1. The number of nitrogens with zero attached hydrogens (tertiary/aromatic N) is 2. The van der Waals surface area contributed by atoms with Gasteiger partial charge in [-0.3, -0.25) is 9.48 Å². The number of carbonyl (C=O) groups excluding carboxylic acids is 1. The first kappa shape index (κ1) is 12.5. The minimum absolute atomic E-state index is 0.149. The number of benzene rings is 1. The van der Waals surface area contributed by atoms with Crippen LogP contribution in [0.5, 0.6) is 0 Å². The van der Waals surface area contributed by atoms with E-state index in [2.05, 4.69) is 5.10 Å². The Morgan fingerprint density at radius 1 is 1.37 bits per heavy atom. The highest BCUT2D eigenvalue weighted by atomic mass is 32.2. The third-order valence-corrected chi connectivity index (χ3v) is 4.31. The summed E-state index contributed by atoms with van der Waals surface area (Å²) in [5.74, 6) is 1.21. The fourth-order valence-corrected chi connectivity index (χ4v) is 2.86. The first-order chi connectivity index (χ1) is 9.24. The fourth-order valence-electron chi connectivity index (χ4n) is 2.07. The second-order valence-electron chi connectivity index (χ2n) is 4.88. The van der Waals surface area contributed by atoms with Crippen molar-refractivity contribution < 1.29 is 4.79 Å². The van der Waals surface area contributed by atoms with Crippen LogP contribution in [0.4, 0.5) is 0 Å². The van der Waals surface area contributed by atoms with Crippen LogP contribution in [0.25, 0.3) is 0 Å². The van der Waals surface area contributed by atoms with E-state index in [-0.39, 0.29) is 5.78 Å². The van der Waals surface area contributed by atoms with Crippen LogP contribution in [0.15, 0.2) is 41.3 Å². The van der Waals surface area contributed by atoms with Crippen molar-refractivity contribution in [2.45, 2.75) is 23.7 Å². The van der Waals surface area contributed by atoms with Crippen LogP contribution in [0, 0.1) is 0 Å². The van der Waals surface area contributed by atoms with E-state index in [4.69, 9.17) is 0 Å². The van der Waals surface area contributed by atoms with Gasteiger partial charge >= 0.3 is 0 Å². The van der Waals surface area contributed by atoms with E-state index in [1.165, 1.54) is 12.8 Å². The summed E-state index contributed by atoms with van der Waals surface area (Å²) in [4.78, 5) is 13.3. The zero-order chi connectivity index (χ0) is 13.2. The molecule has 0 amide bonds. The average Bonchev–Trinajstić information content (AvgIpc) is 3.21. The molecular formula is C15H16N2OS. The first-order valence-electron chi connectivity index (χ1n) is 6.49. The molecular weight excluding hydrogens is 256 g/mol. The highest BCUT2D eigenvalue weighted by molar-refractivity contribution is 8.00. The summed E-state index contributed by atoms with van der Waals surface area (Å²) in [6.45, 7) is 0. The Kier molecular flexibility index (Phi) is 3.42. The van der Waals surface area contributed by atoms with Gasteiger partial charge < -0.3 is 0 Å². The Labute approximate surface area is 117 Å². The van der Waals surface area contributed by atoms with Gasteiger partial charge in [-0.25, -0.2) is 0 Å². The predicted octanol–water partition coefficient (Wildman–Crippen LogP) is 3.27. The summed E-state index contributed by atoms with van der Waals surface area (Å²) in [6.07, 6.45) is 2.42. The molecule has 4 heteroatoms. The summed E-state index contributed by atoms with van der Waals surface area (Å²) < 4.78 is 1.72. The van der Waals surface area contributed by atoms with Crippen LogP contribution in [0.1, 0.15) is 34.9 Å². The summed E-state index contributed by atoms with van der Waals surface area (Å²) in [5.41, 5.74) is 1.81. The van der Waals surface area contributed by atoms with Crippen molar-refractivity contribution in [1.29, 1.82) is 0 Å². The van der Waals surface area contributed by atoms with Gasteiger partial charge in [-0.1, -0.05) is 18.2 Å². The standard InChI is InChI=1S/C15H16N2OS/c1-17-14(9-13(16-17)11-7-8-11)15(18)10-19-12-5-3-2-4-6-12/h2-6,9,11H,7-8,10H2,1H3. The minimum Gasteiger partial charge on any atom is -0.292 e. The van der Waals surface area contributed by atoms with Crippen LogP contribution in [-0.4, -0.2) is 21.3 Å². The van der Waals surface area contributed by atoms with Crippen molar-refractivity contribution >= 4 is 17.5 Å². The van der Waals surface area contributed by atoms with Crippen LogP contribution < -0.4 is 0 Å². The molecule has 1 aromatic carbocycles. The van der Waals surface area contributed by atoms with Crippen molar-refractivity contribution in [3.05, 3.63) is 47.8 Å². The Morgan fingerprint density at radius 3 is 2.79 bits per heavy atom. The quantitative estimate of drug-likeness (QED) is 0.619. The lowest BCUT2D eigenvalue weighted by atomic mass is 10.2. The van der Waals surface area contributed by atoms with Crippen LogP contribution in [0.2, 0.25) is 0 Å². The van der Waals surface area contributed by atoms with E-state index >= 15 is 0 Å². The third kappa shape index (κ3) is 2.89. The highest BCUT2D eigenvalue weighted by Crippen LogP contribution is 2.39. The third-order valence-electron chi connectivity index (χ3n) is 3.29. The smallest absolute Gasteiger partial charge is 0.191 e. The fraction of sp³-hybridized carbons (Fsp3) is 0.333. The lowest BCUT2D eigenvalue weighted by molar-refractivity contribution is 0.101. The molecule has 98 valence electrons. The number of rotatable bonds is 5. The molecule has 0 N–H and O–H groups in total. The highest BCUT2D eigenvalue weighted by Gasteiger charge is 2.27. The molecule has 3 rings (SSSR count). The van der Waals surface area contributed by atoms with Crippen LogP contribution >= 0.6 is 11.8 Å². The van der Waals surface area contributed by atoms with Gasteiger partial charge in [0.25, 0.3) is 0 Å². The number of Topliss-reactive ketones (excluding diaryl/α,β-unsaturated/α-hetero) is 1. The van der Waals surface area contributed by atoms with Crippen molar-refractivity contribution in [2.24, 2.45) is 7.05 Å². The zero-order valence-corrected chi connectivity index (χ0v) is 11.7. The van der Waals surface area contributed by atoms with Crippen molar-refractivity contribution in [2.75, 3.05) is 5.75 Å². The summed E-state index contributed by atoms with van der Waals surface area (Å²) in [5, 5.41) is 4.44.